The third-order valence-corrected chi connectivity index (χ3v) is 4.67. The number of nitrogens with zero attached hydrogens (tertiary/aromatic N) is 2. The minimum absolute atomic E-state index is 0.00472. The Kier molecular flexibility index (Phi) is 5.02. The maximum Gasteiger partial charge on any atom is 0.347 e. The van der Waals surface area contributed by atoms with Gasteiger partial charge in [0.1, 0.15) is 17.2 Å². The van der Waals surface area contributed by atoms with Gasteiger partial charge in [0.05, 0.1) is 24.1 Å². The van der Waals surface area contributed by atoms with Gasteiger partial charge in [0.25, 0.3) is 0 Å². The zero-order chi connectivity index (χ0) is 21.5. The highest BCUT2D eigenvalue weighted by atomic mass is 19.1. The van der Waals surface area contributed by atoms with Crippen LogP contribution in [-0.2, 0) is 11.3 Å². The molecule has 4 rings (SSSR count). The smallest absolute Gasteiger partial charge is 0.347 e. The van der Waals surface area contributed by atoms with Gasteiger partial charge in [0.15, 0.2) is 5.82 Å². The van der Waals surface area contributed by atoms with E-state index in [9.17, 15) is 18.7 Å². The Morgan fingerprint density at radius 1 is 1.23 bits per heavy atom. The van der Waals surface area contributed by atoms with Crippen LogP contribution in [0.4, 0.5) is 20.3 Å². The van der Waals surface area contributed by atoms with Gasteiger partial charge in [-0.1, -0.05) is 17.9 Å². The number of hydrogen-bond acceptors (Lipinski definition) is 5. The molecule has 0 bridgehead atoms. The zero-order valence-electron chi connectivity index (χ0n) is 16.4. The molecule has 30 heavy (non-hydrogen) atoms. The van der Waals surface area contributed by atoms with Crippen molar-refractivity contribution in [2.75, 3.05) is 18.1 Å². The van der Waals surface area contributed by atoms with Crippen LogP contribution in [0, 0.1) is 23.5 Å². The van der Waals surface area contributed by atoms with E-state index in [1.165, 1.54) is 0 Å². The number of aromatic nitrogens is 2. The summed E-state index contributed by atoms with van der Waals surface area (Å²) in [6.07, 6.45) is 0. The number of nitrogens with one attached hydrogen (secondary N) is 1. The molecule has 6 nitrogen and oxygen atoms in total. The van der Waals surface area contributed by atoms with Crippen LogP contribution in [0.5, 0.6) is 0 Å². The average molecular weight is 411 g/mol. The Morgan fingerprint density at radius 2 is 2.00 bits per heavy atom. The zero-order valence-corrected chi connectivity index (χ0v) is 16.4. The lowest BCUT2D eigenvalue weighted by Gasteiger charge is -2.25. The maximum atomic E-state index is 14.7. The number of aromatic amines is 1. The molecule has 0 atom stereocenters. The average Bonchev–Trinajstić information content (AvgIpc) is 2.91. The number of ether oxygens (including phenoxy) is 1. The number of rotatable bonds is 1. The molecular formula is C22H19F2N3O3. The maximum absolute atomic E-state index is 14.7. The Balaban J connectivity index is 1.96. The van der Waals surface area contributed by atoms with Gasteiger partial charge in [-0.25, -0.2) is 13.6 Å². The highest BCUT2D eigenvalue weighted by Crippen LogP contribution is 2.35. The third kappa shape index (κ3) is 3.77. The minimum Gasteiger partial charge on any atom is -0.378 e. The number of aliphatic hydroxyl groups is 1. The second-order valence-electron chi connectivity index (χ2n) is 7.46. The molecule has 0 amide bonds. The number of halogens is 2. The molecule has 0 aliphatic carbocycles. The van der Waals surface area contributed by atoms with Crippen molar-refractivity contribution in [2.45, 2.75) is 26.1 Å². The number of anilines is 2. The third-order valence-electron chi connectivity index (χ3n) is 4.67. The van der Waals surface area contributed by atoms with Gasteiger partial charge in [0.2, 0.25) is 0 Å². The quantitative estimate of drug-likeness (QED) is 0.602. The predicted octanol–water partition coefficient (Wildman–Crippen LogP) is 2.99. The van der Waals surface area contributed by atoms with E-state index in [-0.39, 0.29) is 36.5 Å². The molecule has 3 aromatic rings. The van der Waals surface area contributed by atoms with Gasteiger partial charge in [-0.05, 0) is 38.1 Å². The molecular weight excluding hydrogens is 392 g/mol. The van der Waals surface area contributed by atoms with E-state index in [1.54, 1.807) is 36.9 Å². The first-order chi connectivity index (χ1) is 14.2. The first-order valence-corrected chi connectivity index (χ1v) is 9.35. The van der Waals surface area contributed by atoms with Gasteiger partial charge in [0, 0.05) is 23.4 Å². The molecule has 2 aromatic carbocycles. The molecule has 1 aliphatic rings. The van der Waals surface area contributed by atoms with Crippen LogP contribution in [0.2, 0.25) is 0 Å². The Morgan fingerprint density at radius 3 is 2.77 bits per heavy atom. The summed E-state index contributed by atoms with van der Waals surface area (Å²) in [5.74, 6) is 4.28. The summed E-state index contributed by atoms with van der Waals surface area (Å²) in [4.78, 5) is 20.0. The monoisotopic (exact) mass is 411 g/mol. The standard InChI is InChI=1S/C22H19F2N3O3/c1-22(2,29)9-8-13-4-3-5-17-14(13)12-30-11-10-27(17)20-18-15(23)6-7-16(24)19(18)25-21(28)26-20/h3-7,29H,10-12H2,1-2H3,(H,25,26,28). The number of benzene rings is 2. The fourth-order valence-corrected chi connectivity index (χ4v) is 3.36. The Hall–Kier alpha value is -3.28. The molecule has 0 saturated heterocycles. The first-order valence-electron chi connectivity index (χ1n) is 9.35. The Labute approximate surface area is 171 Å². The van der Waals surface area contributed by atoms with Crippen LogP contribution < -0.4 is 10.6 Å². The first kappa shape index (κ1) is 20.0. The molecule has 0 spiro atoms. The fourth-order valence-electron chi connectivity index (χ4n) is 3.36. The van der Waals surface area contributed by atoms with Gasteiger partial charge in [-0.15, -0.1) is 0 Å². The summed E-state index contributed by atoms with van der Waals surface area (Å²) < 4.78 is 34.7. The van der Waals surface area contributed by atoms with Crippen molar-refractivity contribution in [2.24, 2.45) is 0 Å². The van der Waals surface area contributed by atoms with E-state index < -0.39 is 22.9 Å². The molecule has 1 aliphatic heterocycles. The van der Waals surface area contributed by atoms with E-state index in [2.05, 4.69) is 21.8 Å². The summed E-state index contributed by atoms with van der Waals surface area (Å²) >= 11 is 0. The summed E-state index contributed by atoms with van der Waals surface area (Å²) in [5, 5.41) is 9.82. The van der Waals surface area contributed by atoms with E-state index >= 15 is 0 Å². The van der Waals surface area contributed by atoms with Crippen LogP contribution in [0.3, 0.4) is 0 Å². The second-order valence-corrected chi connectivity index (χ2v) is 7.46. The van der Waals surface area contributed by atoms with Gasteiger partial charge >= 0.3 is 5.69 Å². The summed E-state index contributed by atoms with van der Waals surface area (Å²) in [5.41, 5.74) is -0.250. The minimum atomic E-state index is -1.18. The fraction of sp³-hybridized carbons (Fsp3) is 0.273. The predicted molar refractivity (Wildman–Crippen MR) is 109 cm³/mol. The summed E-state index contributed by atoms with van der Waals surface area (Å²) in [6.45, 7) is 3.94. The molecule has 154 valence electrons. The molecule has 0 radical (unpaired) electrons. The van der Waals surface area contributed by atoms with Crippen molar-refractivity contribution in [1.82, 2.24) is 9.97 Å². The molecule has 2 N–H and O–H groups in total. The molecule has 0 unspecified atom stereocenters. The van der Waals surface area contributed by atoms with Gasteiger partial charge in [-0.2, -0.15) is 4.98 Å². The van der Waals surface area contributed by atoms with Crippen LogP contribution in [0.15, 0.2) is 35.1 Å². The van der Waals surface area contributed by atoms with Crippen LogP contribution in [0.1, 0.15) is 25.0 Å². The number of hydrogen-bond donors (Lipinski definition) is 2. The highest BCUT2D eigenvalue weighted by molar-refractivity contribution is 5.92. The SMILES string of the molecule is CC(C)(O)C#Cc1cccc2c1COCCN2c1nc(=O)[nH]c2c(F)ccc(F)c12. The van der Waals surface area contributed by atoms with Crippen LogP contribution in [-0.4, -0.2) is 33.8 Å². The molecule has 8 heteroatoms. The molecule has 2 heterocycles. The van der Waals surface area contributed by atoms with Crippen molar-refractivity contribution < 1.29 is 18.6 Å². The molecule has 0 fully saturated rings. The normalized spacial score (nSPS) is 14.1. The molecule has 0 saturated carbocycles. The molecule has 1 aromatic heterocycles. The lowest BCUT2D eigenvalue weighted by atomic mass is 10.0. The Bertz CT molecular complexity index is 1250. The number of H-pyrrole nitrogens is 1. The van der Waals surface area contributed by atoms with Crippen LogP contribution in [0.25, 0.3) is 10.9 Å². The highest BCUT2D eigenvalue weighted by Gasteiger charge is 2.24. The summed E-state index contributed by atoms with van der Waals surface area (Å²) in [7, 11) is 0. The lowest BCUT2D eigenvalue weighted by Crippen LogP contribution is -2.26. The van der Waals surface area contributed by atoms with Crippen molar-refractivity contribution in [3.63, 3.8) is 0 Å². The second kappa shape index (κ2) is 7.52. The topological polar surface area (TPSA) is 78.5 Å². The van der Waals surface area contributed by atoms with E-state index in [0.29, 0.717) is 16.8 Å². The van der Waals surface area contributed by atoms with E-state index in [1.807, 2.05) is 0 Å². The van der Waals surface area contributed by atoms with E-state index in [0.717, 1.165) is 12.1 Å². The lowest BCUT2D eigenvalue weighted by molar-refractivity contribution is 0.133. The van der Waals surface area contributed by atoms with Crippen molar-refractivity contribution in [3.05, 3.63) is 63.6 Å². The van der Waals surface area contributed by atoms with Crippen molar-refractivity contribution in [1.29, 1.82) is 0 Å². The largest absolute Gasteiger partial charge is 0.378 e. The van der Waals surface area contributed by atoms with Crippen molar-refractivity contribution in [3.8, 4) is 11.8 Å². The van der Waals surface area contributed by atoms with Gasteiger partial charge < -0.3 is 19.7 Å². The number of fused-ring (bicyclic) bond motifs is 2. The van der Waals surface area contributed by atoms with Gasteiger partial charge in [-0.3, -0.25) is 0 Å². The van der Waals surface area contributed by atoms with Crippen molar-refractivity contribution >= 4 is 22.4 Å². The van der Waals surface area contributed by atoms with E-state index in [4.69, 9.17) is 4.74 Å². The van der Waals surface area contributed by atoms with Crippen LogP contribution >= 0.6 is 0 Å². The summed E-state index contributed by atoms with van der Waals surface area (Å²) in [6, 6.07) is 7.29.